The largest absolute Gasteiger partial charge is 0.454 e. The van der Waals surface area contributed by atoms with Crippen LogP contribution >= 0.6 is 0 Å². The number of esters is 1. The fourth-order valence-corrected chi connectivity index (χ4v) is 2.31. The topological polar surface area (TPSA) is 55.8 Å². The zero-order chi connectivity index (χ0) is 18.8. The lowest BCUT2D eigenvalue weighted by Gasteiger charge is -2.23. The number of para-hydroxylation sites is 1. The summed E-state index contributed by atoms with van der Waals surface area (Å²) in [5, 5.41) is 0. The summed E-state index contributed by atoms with van der Waals surface area (Å²) in [7, 11) is 0. The maximum absolute atomic E-state index is 12.7. The van der Waals surface area contributed by atoms with Crippen LogP contribution in [0.15, 0.2) is 73.3 Å². The van der Waals surface area contributed by atoms with Crippen molar-refractivity contribution in [2.45, 2.75) is 19.6 Å². The van der Waals surface area contributed by atoms with Gasteiger partial charge >= 0.3 is 5.97 Å². The lowest BCUT2D eigenvalue weighted by Crippen LogP contribution is -2.35. The number of rotatable bonds is 9. The Kier molecular flexibility index (Phi) is 7.58. The van der Waals surface area contributed by atoms with Crippen LogP contribution in [0.3, 0.4) is 0 Å². The molecular formula is C21H23NO4. The molecule has 1 unspecified atom stereocenters. The summed E-state index contributed by atoms with van der Waals surface area (Å²) < 4.78 is 10.3. The van der Waals surface area contributed by atoms with Crippen LogP contribution in [0.5, 0.6) is 0 Å². The number of ether oxygens (including phenoxy) is 2. The molecule has 2 aromatic rings. The minimum atomic E-state index is -0.750. The number of anilines is 1. The van der Waals surface area contributed by atoms with Crippen molar-refractivity contribution in [2.75, 3.05) is 18.1 Å². The van der Waals surface area contributed by atoms with E-state index in [1.807, 2.05) is 60.7 Å². The average Bonchev–Trinajstić information content (AvgIpc) is 2.69. The van der Waals surface area contributed by atoms with E-state index < -0.39 is 12.1 Å². The minimum absolute atomic E-state index is 0.244. The zero-order valence-electron chi connectivity index (χ0n) is 14.8. The van der Waals surface area contributed by atoms with Crippen LogP contribution in [0.4, 0.5) is 5.69 Å². The van der Waals surface area contributed by atoms with Crippen LogP contribution in [-0.2, 0) is 25.6 Å². The third-order valence-corrected chi connectivity index (χ3v) is 3.69. The van der Waals surface area contributed by atoms with Crippen molar-refractivity contribution in [1.82, 2.24) is 0 Å². The third kappa shape index (κ3) is 5.86. The molecule has 0 fully saturated rings. The van der Waals surface area contributed by atoms with E-state index in [0.29, 0.717) is 6.54 Å². The van der Waals surface area contributed by atoms with Gasteiger partial charge in [-0.2, -0.15) is 0 Å². The maximum Gasteiger partial charge on any atom is 0.335 e. The molecule has 2 aromatic carbocycles. The molecule has 0 radical (unpaired) electrons. The first kappa shape index (κ1) is 19.4. The van der Waals surface area contributed by atoms with Crippen molar-refractivity contribution < 1.29 is 19.1 Å². The molecule has 5 heteroatoms. The fourth-order valence-electron chi connectivity index (χ4n) is 2.31. The van der Waals surface area contributed by atoms with Crippen molar-refractivity contribution in [1.29, 1.82) is 0 Å². The second kappa shape index (κ2) is 10.2. The molecule has 0 spiro atoms. The standard InChI is InChI=1S/C21H23NO4/c1-3-14-25-17(2)21(24)26-16-20(23)22(19-12-8-5-9-13-19)15-18-10-6-4-7-11-18/h3-13,17H,1,14-16H2,2H3. The highest BCUT2D eigenvalue weighted by Crippen LogP contribution is 2.17. The second-order valence-electron chi connectivity index (χ2n) is 5.67. The summed E-state index contributed by atoms with van der Waals surface area (Å²) in [4.78, 5) is 26.2. The molecule has 0 heterocycles. The van der Waals surface area contributed by atoms with Gasteiger partial charge in [0.25, 0.3) is 5.91 Å². The molecule has 0 aromatic heterocycles. The Morgan fingerprint density at radius 3 is 2.31 bits per heavy atom. The summed E-state index contributed by atoms with van der Waals surface area (Å²) >= 11 is 0. The van der Waals surface area contributed by atoms with Crippen molar-refractivity contribution in [3.8, 4) is 0 Å². The molecular weight excluding hydrogens is 330 g/mol. The van der Waals surface area contributed by atoms with Crippen molar-refractivity contribution in [3.05, 3.63) is 78.9 Å². The monoisotopic (exact) mass is 353 g/mol. The summed E-state index contributed by atoms with van der Waals surface area (Å²) in [5.41, 5.74) is 1.73. The summed E-state index contributed by atoms with van der Waals surface area (Å²) in [6, 6.07) is 18.9. The Bertz CT molecular complexity index is 715. The van der Waals surface area contributed by atoms with Crippen LogP contribution in [0, 0.1) is 0 Å². The number of amides is 1. The van der Waals surface area contributed by atoms with Gasteiger partial charge in [-0.3, -0.25) is 4.79 Å². The van der Waals surface area contributed by atoms with E-state index in [1.54, 1.807) is 17.9 Å². The normalized spacial score (nSPS) is 11.4. The van der Waals surface area contributed by atoms with Gasteiger partial charge in [-0.25, -0.2) is 4.79 Å². The average molecular weight is 353 g/mol. The van der Waals surface area contributed by atoms with E-state index in [2.05, 4.69) is 6.58 Å². The quantitative estimate of drug-likeness (QED) is 0.512. The van der Waals surface area contributed by atoms with Gasteiger partial charge in [0.05, 0.1) is 13.2 Å². The van der Waals surface area contributed by atoms with Crippen molar-refractivity contribution in [2.24, 2.45) is 0 Å². The fraction of sp³-hybridized carbons (Fsp3) is 0.238. The highest BCUT2D eigenvalue weighted by Gasteiger charge is 2.20. The smallest absolute Gasteiger partial charge is 0.335 e. The van der Waals surface area contributed by atoms with Gasteiger partial charge in [-0.15, -0.1) is 6.58 Å². The Labute approximate surface area is 153 Å². The first-order chi connectivity index (χ1) is 12.6. The van der Waals surface area contributed by atoms with Gasteiger partial charge in [0.1, 0.15) is 0 Å². The van der Waals surface area contributed by atoms with Gasteiger partial charge in [0.15, 0.2) is 12.7 Å². The molecule has 0 bridgehead atoms. The number of hydrogen-bond donors (Lipinski definition) is 0. The van der Waals surface area contributed by atoms with Crippen molar-refractivity contribution >= 4 is 17.6 Å². The Hall–Kier alpha value is -2.92. The van der Waals surface area contributed by atoms with Gasteiger partial charge < -0.3 is 14.4 Å². The second-order valence-corrected chi connectivity index (χ2v) is 5.67. The lowest BCUT2D eigenvalue weighted by molar-refractivity contribution is -0.157. The number of carbonyl (C=O) groups is 2. The number of hydrogen-bond acceptors (Lipinski definition) is 4. The van der Waals surface area contributed by atoms with Gasteiger partial charge in [-0.1, -0.05) is 54.6 Å². The molecule has 2 rings (SSSR count). The lowest BCUT2D eigenvalue weighted by atomic mass is 10.2. The zero-order valence-corrected chi connectivity index (χ0v) is 14.8. The molecule has 1 amide bonds. The van der Waals surface area contributed by atoms with Crippen LogP contribution in [0.25, 0.3) is 0 Å². The number of nitrogens with zero attached hydrogens (tertiary/aromatic N) is 1. The Morgan fingerprint density at radius 2 is 1.69 bits per heavy atom. The molecule has 1 atom stereocenters. The van der Waals surface area contributed by atoms with Crippen LogP contribution in [0.1, 0.15) is 12.5 Å². The highest BCUT2D eigenvalue weighted by atomic mass is 16.6. The SMILES string of the molecule is C=CCOC(C)C(=O)OCC(=O)N(Cc1ccccc1)c1ccccc1. The van der Waals surface area contributed by atoms with Gasteiger partial charge in [0, 0.05) is 5.69 Å². The maximum atomic E-state index is 12.7. The van der Waals surface area contributed by atoms with Crippen LogP contribution in [0.2, 0.25) is 0 Å². The first-order valence-electron chi connectivity index (χ1n) is 8.40. The van der Waals surface area contributed by atoms with E-state index >= 15 is 0 Å². The molecule has 0 aliphatic heterocycles. The predicted octanol–water partition coefficient (Wildman–Crippen LogP) is 3.35. The molecule has 0 saturated heterocycles. The highest BCUT2D eigenvalue weighted by molar-refractivity contribution is 5.95. The Morgan fingerprint density at radius 1 is 1.08 bits per heavy atom. The number of benzene rings is 2. The first-order valence-corrected chi connectivity index (χ1v) is 8.40. The molecule has 5 nitrogen and oxygen atoms in total. The number of carbonyl (C=O) groups excluding carboxylic acids is 2. The van der Waals surface area contributed by atoms with E-state index in [0.717, 1.165) is 11.3 Å². The van der Waals surface area contributed by atoms with E-state index in [4.69, 9.17) is 9.47 Å². The van der Waals surface area contributed by atoms with Crippen molar-refractivity contribution in [3.63, 3.8) is 0 Å². The van der Waals surface area contributed by atoms with Crippen LogP contribution in [-0.4, -0.2) is 31.2 Å². The molecule has 0 N–H and O–H groups in total. The van der Waals surface area contributed by atoms with E-state index in [-0.39, 0.29) is 19.1 Å². The predicted molar refractivity (Wildman–Crippen MR) is 101 cm³/mol. The molecule has 0 aliphatic carbocycles. The molecule has 136 valence electrons. The molecule has 0 aliphatic rings. The Balaban J connectivity index is 2.04. The minimum Gasteiger partial charge on any atom is -0.454 e. The van der Waals surface area contributed by atoms with E-state index in [9.17, 15) is 9.59 Å². The third-order valence-electron chi connectivity index (χ3n) is 3.69. The molecule has 26 heavy (non-hydrogen) atoms. The van der Waals surface area contributed by atoms with Gasteiger partial charge in [0.2, 0.25) is 0 Å². The van der Waals surface area contributed by atoms with Gasteiger partial charge in [-0.05, 0) is 24.6 Å². The summed E-state index contributed by atoms with van der Waals surface area (Å²) in [6.07, 6.45) is 0.798. The van der Waals surface area contributed by atoms with Crippen LogP contribution < -0.4 is 4.90 Å². The molecule has 0 saturated carbocycles. The van der Waals surface area contributed by atoms with E-state index in [1.165, 1.54) is 0 Å². The summed E-state index contributed by atoms with van der Waals surface area (Å²) in [6.45, 7) is 5.40. The summed E-state index contributed by atoms with van der Waals surface area (Å²) in [5.74, 6) is -0.878.